The zero-order chi connectivity index (χ0) is 18.2. The maximum atomic E-state index is 6.05. The number of hydrogen-bond donors (Lipinski definition) is 1. The topological polar surface area (TPSA) is 30.5 Å². The molecule has 1 atom stereocenters. The van der Waals surface area contributed by atoms with Crippen LogP contribution in [0.3, 0.4) is 0 Å². The van der Waals surface area contributed by atoms with Crippen LogP contribution in [0.5, 0.6) is 11.5 Å². The molecule has 0 aliphatic carbocycles. The van der Waals surface area contributed by atoms with Gasteiger partial charge in [-0.15, -0.1) is 6.58 Å². The quantitative estimate of drug-likeness (QED) is 0.648. The van der Waals surface area contributed by atoms with Gasteiger partial charge in [-0.25, -0.2) is 0 Å². The summed E-state index contributed by atoms with van der Waals surface area (Å²) in [6.45, 7) is 10.9. The Hall–Kier alpha value is -2.26. The second kappa shape index (κ2) is 9.28. The first-order valence-corrected chi connectivity index (χ1v) is 8.81. The zero-order valence-corrected chi connectivity index (χ0v) is 15.7. The highest BCUT2D eigenvalue weighted by Crippen LogP contribution is 2.35. The van der Waals surface area contributed by atoms with Gasteiger partial charge in [0.2, 0.25) is 0 Å². The van der Waals surface area contributed by atoms with E-state index in [0.29, 0.717) is 0 Å². The molecule has 3 heteroatoms. The molecule has 2 aromatic carbocycles. The van der Waals surface area contributed by atoms with E-state index in [4.69, 9.17) is 9.47 Å². The van der Waals surface area contributed by atoms with Crippen LogP contribution in [-0.2, 0) is 13.0 Å². The standard InChI is InChI=1S/C22H29NO2/c1-6-10-20-19(13-14-21(24-5)22(20)25-16(2)3)15-23-17(4)18-11-8-7-9-12-18/h6-9,11-14,16-17,23H,1,10,15H2,2-5H3/t17-/m1/s1. The highest BCUT2D eigenvalue weighted by Gasteiger charge is 2.16. The summed E-state index contributed by atoms with van der Waals surface area (Å²) >= 11 is 0. The summed E-state index contributed by atoms with van der Waals surface area (Å²) in [6.07, 6.45) is 2.74. The van der Waals surface area contributed by atoms with Gasteiger partial charge in [-0.2, -0.15) is 0 Å². The summed E-state index contributed by atoms with van der Waals surface area (Å²) in [5.41, 5.74) is 3.62. The summed E-state index contributed by atoms with van der Waals surface area (Å²) < 4.78 is 11.6. The fourth-order valence-electron chi connectivity index (χ4n) is 2.83. The number of nitrogens with one attached hydrogen (secondary N) is 1. The Morgan fingerprint density at radius 3 is 2.40 bits per heavy atom. The zero-order valence-electron chi connectivity index (χ0n) is 15.7. The lowest BCUT2D eigenvalue weighted by atomic mass is 10.0. The first-order chi connectivity index (χ1) is 12.1. The van der Waals surface area contributed by atoms with E-state index in [1.165, 1.54) is 11.1 Å². The molecule has 0 aromatic heterocycles. The van der Waals surface area contributed by atoms with Crippen molar-refractivity contribution in [2.45, 2.75) is 45.9 Å². The van der Waals surface area contributed by atoms with Gasteiger partial charge in [0.25, 0.3) is 0 Å². The number of ether oxygens (including phenoxy) is 2. The van der Waals surface area contributed by atoms with E-state index < -0.39 is 0 Å². The Morgan fingerprint density at radius 1 is 1.08 bits per heavy atom. The van der Waals surface area contributed by atoms with Crippen molar-refractivity contribution in [3.8, 4) is 11.5 Å². The normalized spacial score (nSPS) is 12.0. The van der Waals surface area contributed by atoms with Crippen LogP contribution in [0.1, 0.15) is 43.5 Å². The van der Waals surface area contributed by atoms with Gasteiger partial charge in [0.1, 0.15) is 0 Å². The number of benzene rings is 2. The second-order valence-electron chi connectivity index (χ2n) is 6.41. The van der Waals surface area contributed by atoms with Crippen LogP contribution in [0.4, 0.5) is 0 Å². The van der Waals surface area contributed by atoms with Gasteiger partial charge in [0.05, 0.1) is 13.2 Å². The third-order valence-electron chi connectivity index (χ3n) is 4.14. The molecule has 2 aromatic rings. The lowest BCUT2D eigenvalue weighted by Crippen LogP contribution is -2.19. The number of rotatable bonds is 9. The smallest absolute Gasteiger partial charge is 0.165 e. The van der Waals surface area contributed by atoms with Crippen LogP contribution in [0.25, 0.3) is 0 Å². The molecule has 0 radical (unpaired) electrons. The van der Waals surface area contributed by atoms with Crippen molar-refractivity contribution in [1.29, 1.82) is 0 Å². The van der Waals surface area contributed by atoms with E-state index in [2.05, 4.69) is 49.2 Å². The van der Waals surface area contributed by atoms with Crippen LogP contribution in [0.15, 0.2) is 55.1 Å². The third-order valence-corrected chi connectivity index (χ3v) is 4.14. The number of hydrogen-bond acceptors (Lipinski definition) is 3. The van der Waals surface area contributed by atoms with Gasteiger partial charge in [0, 0.05) is 18.2 Å². The van der Waals surface area contributed by atoms with E-state index in [1.807, 2.05) is 32.1 Å². The molecule has 0 unspecified atom stereocenters. The van der Waals surface area contributed by atoms with Crippen molar-refractivity contribution in [1.82, 2.24) is 5.32 Å². The molecule has 0 bridgehead atoms. The van der Waals surface area contributed by atoms with Crippen LogP contribution < -0.4 is 14.8 Å². The average Bonchev–Trinajstić information content (AvgIpc) is 2.62. The predicted molar refractivity (Wildman–Crippen MR) is 104 cm³/mol. The molecule has 0 saturated carbocycles. The Balaban J connectivity index is 2.25. The van der Waals surface area contributed by atoms with E-state index in [9.17, 15) is 0 Å². The van der Waals surface area contributed by atoms with Gasteiger partial charge in [0.15, 0.2) is 11.5 Å². The first kappa shape index (κ1) is 19.1. The van der Waals surface area contributed by atoms with Crippen molar-refractivity contribution in [3.63, 3.8) is 0 Å². The van der Waals surface area contributed by atoms with Crippen LogP contribution >= 0.6 is 0 Å². The van der Waals surface area contributed by atoms with E-state index in [1.54, 1.807) is 7.11 Å². The van der Waals surface area contributed by atoms with Crippen LogP contribution in [0, 0.1) is 0 Å². The minimum absolute atomic E-state index is 0.0870. The van der Waals surface area contributed by atoms with Gasteiger partial charge in [-0.05, 0) is 44.4 Å². The minimum Gasteiger partial charge on any atom is -0.493 e. The Labute approximate surface area is 151 Å². The molecule has 1 N–H and O–H groups in total. The predicted octanol–water partition coefficient (Wildman–Crippen LogP) is 5.06. The number of methoxy groups -OCH3 is 1. The maximum absolute atomic E-state index is 6.05. The van der Waals surface area contributed by atoms with Crippen molar-refractivity contribution in [2.24, 2.45) is 0 Å². The largest absolute Gasteiger partial charge is 0.493 e. The Kier molecular flexibility index (Phi) is 7.08. The molecule has 2 rings (SSSR count). The fraction of sp³-hybridized carbons (Fsp3) is 0.364. The van der Waals surface area contributed by atoms with Crippen molar-refractivity contribution < 1.29 is 9.47 Å². The molecular formula is C22H29NO2. The van der Waals surface area contributed by atoms with Gasteiger partial charge < -0.3 is 14.8 Å². The molecule has 25 heavy (non-hydrogen) atoms. The SMILES string of the molecule is C=CCc1c(CN[C@H](C)c2ccccc2)ccc(OC)c1OC(C)C. The maximum Gasteiger partial charge on any atom is 0.165 e. The Morgan fingerprint density at radius 2 is 1.80 bits per heavy atom. The average molecular weight is 339 g/mol. The molecule has 0 aliphatic rings. The number of allylic oxidation sites excluding steroid dienone is 1. The lowest BCUT2D eigenvalue weighted by Gasteiger charge is -2.21. The second-order valence-corrected chi connectivity index (χ2v) is 6.41. The van der Waals surface area contributed by atoms with E-state index in [0.717, 1.165) is 30.0 Å². The molecule has 0 aliphatic heterocycles. The van der Waals surface area contributed by atoms with Crippen molar-refractivity contribution in [2.75, 3.05) is 7.11 Å². The summed E-state index contributed by atoms with van der Waals surface area (Å²) in [6, 6.07) is 14.8. The fourth-order valence-corrected chi connectivity index (χ4v) is 2.83. The van der Waals surface area contributed by atoms with Crippen molar-refractivity contribution in [3.05, 3.63) is 71.8 Å². The molecule has 134 valence electrons. The highest BCUT2D eigenvalue weighted by molar-refractivity contribution is 5.51. The molecule has 0 amide bonds. The molecule has 0 spiro atoms. The molecule has 3 nitrogen and oxygen atoms in total. The summed E-state index contributed by atoms with van der Waals surface area (Å²) in [7, 11) is 1.68. The van der Waals surface area contributed by atoms with Crippen LogP contribution in [-0.4, -0.2) is 13.2 Å². The molecule has 0 heterocycles. The summed E-state index contributed by atoms with van der Waals surface area (Å²) in [4.78, 5) is 0. The summed E-state index contributed by atoms with van der Waals surface area (Å²) in [5.74, 6) is 1.59. The molecular weight excluding hydrogens is 310 g/mol. The van der Waals surface area contributed by atoms with Gasteiger partial charge in [-0.1, -0.05) is 42.5 Å². The third kappa shape index (κ3) is 5.10. The molecule has 0 saturated heterocycles. The van der Waals surface area contributed by atoms with Gasteiger partial charge >= 0.3 is 0 Å². The summed E-state index contributed by atoms with van der Waals surface area (Å²) in [5, 5.41) is 3.60. The van der Waals surface area contributed by atoms with E-state index >= 15 is 0 Å². The monoisotopic (exact) mass is 339 g/mol. The van der Waals surface area contributed by atoms with Crippen molar-refractivity contribution >= 4 is 0 Å². The van der Waals surface area contributed by atoms with Crippen LogP contribution in [0.2, 0.25) is 0 Å². The highest BCUT2D eigenvalue weighted by atomic mass is 16.5. The first-order valence-electron chi connectivity index (χ1n) is 8.81. The minimum atomic E-state index is 0.0870. The Bertz CT molecular complexity index is 680. The van der Waals surface area contributed by atoms with E-state index in [-0.39, 0.29) is 12.1 Å². The molecule has 0 fully saturated rings. The lowest BCUT2D eigenvalue weighted by molar-refractivity contribution is 0.227. The van der Waals surface area contributed by atoms with Gasteiger partial charge in [-0.3, -0.25) is 0 Å².